The van der Waals surface area contributed by atoms with E-state index in [1.807, 2.05) is 29.2 Å². The predicted molar refractivity (Wildman–Crippen MR) is 72.8 cm³/mol. The van der Waals surface area contributed by atoms with E-state index in [9.17, 15) is 4.39 Å². The van der Waals surface area contributed by atoms with Crippen molar-refractivity contribution in [3.63, 3.8) is 0 Å². The molecule has 0 saturated heterocycles. The van der Waals surface area contributed by atoms with Gasteiger partial charge in [-0.1, -0.05) is 0 Å². The zero-order valence-electron chi connectivity index (χ0n) is 10.4. The van der Waals surface area contributed by atoms with Crippen molar-refractivity contribution in [2.24, 2.45) is 0 Å². The van der Waals surface area contributed by atoms with Gasteiger partial charge in [-0.25, -0.2) is 9.37 Å². The SMILES string of the molecule is CNC(Cc1cn2ccsc2n1)c1cncc(F)c1. The summed E-state index contributed by atoms with van der Waals surface area (Å²) in [5.41, 5.74) is 1.81. The van der Waals surface area contributed by atoms with Crippen LogP contribution in [0.5, 0.6) is 0 Å². The zero-order chi connectivity index (χ0) is 13.2. The Hall–Kier alpha value is -1.79. The van der Waals surface area contributed by atoms with Crippen LogP contribution in [0.2, 0.25) is 0 Å². The maximum Gasteiger partial charge on any atom is 0.193 e. The molecule has 1 N–H and O–H groups in total. The van der Waals surface area contributed by atoms with Crippen molar-refractivity contribution in [3.05, 3.63) is 53.3 Å². The van der Waals surface area contributed by atoms with E-state index in [2.05, 4.69) is 15.3 Å². The Morgan fingerprint density at radius 2 is 2.37 bits per heavy atom. The highest BCUT2D eigenvalue weighted by Gasteiger charge is 2.13. The van der Waals surface area contributed by atoms with E-state index in [1.54, 1.807) is 17.5 Å². The second-order valence-electron chi connectivity index (χ2n) is 4.31. The molecule has 3 rings (SSSR count). The third kappa shape index (κ3) is 2.50. The van der Waals surface area contributed by atoms with Gasteiger partial charge in [-0.3, -0.25) is 9.38 Å². The largest absolute Gasteiger partial charge is 0.313 e. The lowest BCUT2D eigenvalue weighted by Crippen LogP contribution is -2.19. The minimum atomic E-state index is -0.316. The monoisotopic (exact) mass is 276 g/mol. The molecule has 0 spiro atoms. The highest BCUT2D eigenvalue weighted by atomic mass is 32.1. The number of rotatable bonds is 4. The molecule has 3 heterocycles. The minimum absolute atomic E-state index is 0.00723. The molecule has 1 unspecified atom stereocenters. The molecule has 19 heavy (non-hydrogen) atoms. The fourth-order valence-corrected chi connectivity index (χ4v) is 2.81. The summed E-state index contributed by atoms with van der Waals surface area (Å²) in [7, 11) is 1.86. The van der Waals surface area contributed by atoms with Crippen LogP contribution >= 0.6 is 11.3 Å². The summed E-state index contributed by atoms with van der Waals surface area (Å²) in [5.74, 6) is -0.316. The highest BCUT2D eigenvalue weighted by molar-refractivity contribution is 7.15. The van der Waals surface area contributed by atoms with E-state index >= 15 is 0 Å². The molecule has 4 nitrogen and oxygen atoms in total. The Balaban J connectivity index is 1.85. The molecule has 0 aliphatic rings. The quantitative estimate of drug-likeness (QED) is 0.796. The first-order valence-electron chi connectivity index (χ1n) is 5.95. The molecule has 1 atom stereocenters. The summed E-state index contributed by atoms with van der Waals surface area (Å²) in [5, 5.41) is 5.18. The van der Waals surface area contributed by atoms with E-state index in [0.29, 0.717) is 6.42 Å². The molecule has 6 heteroatoms. The molecule has 0 radical (unpaired) electrons. The third-order valence-corrected chi connectivity index (χ3v) is 3.80. The molecule has 0 aliphatic heterocycles. The summed E-state index contributed by atoms with van der Waals surface area (Å²) >= 11 is 1.60. The number of fused-ring (bicyclic) bond motifs is 1. The number of pyridine rings is 1. The van der Waals surface area contributed by atoms with Gasteiger partial charge in [0.05, 0.1) is 11.9 Å². The molecule has 0 fully saturated rings. The van der Waals surface area contributed by atoms with Crippen molar-refractivity contribution in [2.45, 2.75) is 12.5 Å². The van der Waals surface area contributed by atoms with Gasteiger partial charge in [0.25, 0.3) is 0 Å². The van der Waals surface area contributed by atoms with E-state index in [1.165, 1.54) is 12.3 Å². The van der Waals surface area contributed by atoms with Crippen LogP contribution < -0.4 is 5.32 Å². The second-order valence-corrected chi connectivity index (χ2v) is 5.18. The van der Waals surface area contributed by atoms with Crippen molar-refractivity contribution in [1.29, 1.82) is 0 Å². The number of hydrogen-bond donors (Lipinski definition) is 1. The Labute approximate surface area is 113 Å². The van der Waals surface area contributed by atoms with Crippen LogP contribution in [0.15, 0.2) is 36.2 Å². The van der Waals surface area contributed by atoms with Crippen molar-refractivity contribution in [2.75, 3.05) is 7.05 Å². The zero-order valence-corrected chi connectivity index (χ0v) is 11.2. The van der Waals surface area contributed by atoms with Crippen molar-refractivity contribution in [3.8, 4) is 0 Å². The topological polar surface area (TPSA) is 42.2 Å². The fourth-order valence-electron chi connectivity index (χ4n) is 2.09. The number of likely N-dealkylation sites (N-methyl/N-ethyl adjacent to an activating group) is 1. The average Bonchev–Trinajstić information content (AvgIpc) is 2.96. The van der Waals surface area contributed by atoms with Crippen LogP contribution in [-0.4, -0.2) is 21.4 Å². The summed E-state index contributed by atoms with van der Waals surface area (Å²) in [6.45, 7) is 0. The van der Waals surface area contributed by atoms with Gasteiger partial charge in [-0.2, -0.15) is 0 Å². The van der Waals surface area contributed by atoms with Gasteiger partial charge >= 0.3 is 0 Å². The summed E-state index contributed by atoms with van der Waals surface area (Å²) in [6.07, 6.45) is 7.58. The van der Waals surface area contributed by atoms with Crippen molar-refractivity contribution >= 4 is 16.3 Å². The van der Waals surface area contributed by atoms with E-state index < -0.39 is 0 Å². The van der Waals surface area contributed by atoms with Crippen molar-refractivity contribution in [1.82, 2.24) is 19.7 Å². The number of hydrogen-bond acceptors (Lipinski definition) is 4. The van der Waals surface area contributed by atoms with Crippen LogP contribution in [0.3, 0.4) is 0 Å². The lowest BCUT2D eigenvalue weighted by molar-refractivity contribution is 0.568. The van der Waals surface area contributed by atoms with Gasteiger partial charge in [-0.15, -0.1) is 11.3 Å². The summed E-state index contributed by atoms with van der Waals surface area (Å²) in [4.78, 5) is 9.40. The van der Waals surface area contributed by atoms with Crippen LogP contribution in [0.4, 0.5) is 4.39 Å². The molecule has 0 bridgehead atoms. The lowest BCUT2D eigenvalue weighted by atomic mass is 10.0. The Morgan fingerprint density at radius 3 is 3.11 bits per heavy atom. The number of aromatic nitrogens is 3. The number of nitrogens with zero attached hydrogens (tertiary/aromatic N) is 3. The van der Waals surface area contributed by atoms with E-state index in [-0.39, 0.29) is 11.9 Å². The van der Waals surface area contributed by atoms with Gasteiger partial charge in [0.1, 0.15) is 5.82 Å². The number of nitrogens with one attached hydrogen (secondary N) is 1. The molecule has 0 saturated carbocycles. The Bertz CT molecular complexity index is 662. The highest BCUT2D eigenvalue weighted by Crippen LogP contribution is 2.19. The van der Waals surface area contributed by atoms with Crippen molar-refractivity contribution < 1.29 is 4.39 Å². The lowest BCUT2D eigenvalue weighted by Gasteiger charge is -2.14. The van der Waals surface area contributed by atoms with Crippen LogP contribution in [-0.2, 0) is 6.42 Å². The minimum Gasteiger partial charge on any atom is -0.313 e. The maximum absolute atomic E-state index is 13.2. The molecule has 3 aromatic heterocycles. The average molecular weight is 276 g/mol. The van der Waals surface area contributed by atoms with E-state index in [0.717, 1.165) is 16.2 Å². The van der Waals surface area contributed by atoms with Gasteiger partial charge in [-0.05, 0) is 18.7 Å². The fraction of sp³-hybridized carbons (Fsp3) is 0.231. The van der Waals surface area contributed by atoms with Gasteiger partial charge in [0.15, 0.2) is 4.96 Å². The number of imidazole rings is 1. The first kappa shape index (κ1) is 12.3. The number of thiazole rings is 1. The molecular weight excluding hydrogens is 263 g/mol. The predicted octanol–water partition coefficient (Wildman–Crippen LogP) is 2.43. The Kier molecular flexibility index (Phi) is 3.27. The van der Waals surface area contributed by atoms with Crippen LogP contribution in [0.1, 0.15) is 17.3 Å². The smallest absolute Gasteiger partial charge is 0.193 e. The number of halogens is 1. The first-order chi connectivity index (χ1) is 9.26. The van der Waals surface area contributed by atoms with Gasteiger partial charge in [0, 0.05) is 36.4 Å². The summed E-state index contributed by atoms with van der Waals surface area (Å²) in [6, 6.07) is 1.51. The first-order valence-corrected chi connectivity index (χ1v) is 6.83. The molecular formula is C13H13FN4S. The van der Waals surface area contributed by atoms with E-state index in [4.69, 9.17) is 0 Å². The second kappa shape index (κ2) is 5.07. The Morgan fingerprint density at radius 1 is 1.47 bits per heavy atom. The molecule has 3 aromatic rings. The third-order valence-electron chi connectivity index (χ3n) is 3.03. The maximum atomic E-state index is 13.2. The van der Waals surface area contributed by atoms with Gasteiger partial charge < -0.3 is 5.32 Å². The summed E-state index contributed by atoms with van der Waals surface area (Å²) < 4.78 is 15.2. The van der Waals surface area contributed by atoms with Crippen LogP contribution in [0, 0.1) is 5.82 Å². The molecule has 0 aliphatic carbocycles. The molecule has 0 aromatic carbocycles. The standard InChI is InChI=1S/C13H13FN4S/c1-15-12(9-4-10(14)7-16-6-9)5-11-8-18-2-3-19-13(18)17-11/h2-4,6-8,12,15H,5H2,1H3. The normalized spacial score (nSPS) is 12.9. The molecule has 0 amide bonds. The molecule has 98 valence electrons. The van der Waals surface area contributed by atoms with Crippen LogP contribution in [0.25, 0.3) is 4.96 Å². The van der Waals surface area contributed by atoms with Gasteiger partial charge in [0.2, 0.25) is 0 Å².